The molecule has 10 saturated heterocycles. The summed E-state index contributed by atoms with van der Waals surface area (Å²) in [5.41, 5.74) is 0. The molecular weight excluding hydrogens is 268 g/mol. The van der Waals surface area contributed by atoms with E-state index in [0.29, 0.717) is 0 Å². The SMILES string of the molecule is BrC[C]12[CH]3[CH]4[CH]5[CH]1[Fe]45321678[CH]2[CH]1[CH]6[CH]7[CH]28. The van der Waals surface area contributed by atoms with Crippen molar-refractivity contribution in [2.24, 2.45) is 0 Å². The Labute approximate surface area is 75.2 Å². The average molecular weight is 279 g/mol. The van der Waals surface area contributed by atoms with Crippen molar-refractivity contribution < 1.29 is 6.51 Å². The van der Waals surface area contributed by atoms with Crippen molar-refractivity contribution >= 4 is 15.9 Å². The third-order valence-corrected chi connectivity index (χ3v) is 59.6. The Bertz CT molecular complexity index is 770. The second-order valence-electron chi connectivity index (χ2n) is 9.97. The van der Waals surface area contributed by atoms with E-state index in [0.717, 1.165) is 4.31 Å². The normalized spacial score (nSPS) is 152. The summed E-state index contributed by atoms with van der Waals surface area (Å²) in [5, 5.41) is 1.49. The zero-order valence-electron chi connectivity index (χ0n) is 7.13. The molecule has 0 aliphatic carbocycles. The Kier molecular flexibility index (Phi) is 0.101. The van der Waals surface area contributed by atoms with Crippen molar-refractivity contribution in [1.29, 1.82) is 0 Å². The summed E-state index contributed by atoms with van der Waals surface area (Å²) in [6.45, 7) is -2.55. The molecule has 0 aromatic carbocycles. The van der Waals surface area contributed by atoms with Gasteiger partial charge in [0.25, 0.3) is 0 Å². The molecule has 1 spiro atoms. The van der Waals surface area contributed by atoms with Gasteiger partial charge in [-0.05, 0) is 0 Å². The van der Waals surface area contributed by atoms with Crippen molar-refractivity contribution in [1.82, 2.24) is 0 Å². The van der Waals surface area contributed by atoms with Crippen LogP contribution in [0.5, 0.6) is 0 Å². The minimum absolute atomic E-state index is 1.15. The minimum atomic E-state index is -2.55. The molecule has 0 bridgehead atoms. The van der Waals surface area contributed by atoms with E-state index in [1.54, 1.807) is 0 Å². The molecule has 13 heavy (non-hydrogen) atoms. The van der Waals surface area contributed by atoms with E-state index >= 15 is 0 Å². The zero-order chi connectivity index (χ0) is 7.72. The van der Waals surface area contributed by atoms with Gasteiger partial charge in [-0.3, -0.25) is 0 Å². The summed E-state index contributed by atoms with van der Waals surface area (Å²) in [6.07, 6.45) is 0. The third kappa shape index (κ3) is 0.0334. The van der Waals surface area contributed by atoms with Gasteiger partial charge in [0, 0.05) is 0 Å². The maximum absolute atomic E-state index is 3.96. The fourth-order valence-corrected chi connectivity index (χ4v) is 96.9. The molecule has 10 heterocycles. The van der Waals surface area contributed by atoms with E-state index in [2.05, 4.69) is 15.9 Å². The molecule has 2 heteroatoms. The first-order chi connectivity index (χ1) is 6.11. The van der Waals surface area contributed by atoms with Crippen LogP contribution in [0.25, 0.3) is 0 Å². The molecule has 0 saturated carbocycles. The van der Waals surface area contributed by atoms with E-state index in [-0.39, 0.29) is 0 Å². The van der Waals surface area contributed by atoms with Crippen LogP contribution in [0.2, 0.25) is 47.7 Å². The van der Waals surface area contributed by atoms with Crippen molar-refractivity contribution in [3.63, 3.8) is 0 Å². The molecule has 0 N–H and O–H groups in total. The van der Waals surface area contributed by atoms with E-state index in [4.69, 9.17) is 0 Å². The number of rotatable bonds is 1. The van der Waals surface area contributed by atoms with Gasteiger partial charge < -0.3 is 0 Å². The van der Waals surface area contributed by atoms with Crippen LogP contribution >= 0.6 is 15.9 Å². The molecule has 70 valence electrons. The van der Waals surface area contributed by atoms with Crippen LogP contribution in [0, 0.1) is 0 Å². The topological polar surface area (TPSA) is 0 Å². The fraction of sp³-hybridized carbons (Fsp3) is 1.00. The second-order valence-corrected chi connectivity index (χ2v) is 34.2. The Morgan fingerprint density at radius 2 is 1.31 bits per heavy atom. The molecule has 0 aromatic rings. The summed E-state index contributed by atoms with van der Waals surface area (Å²) in [6, 6.07) is 0. The van der Waals surface area contributed by atoms with Crippen LogP contribution in [0.3, 0.4) is 0 Å². The van der Waals surface area contributed by atoms with Crippen LogP contribution in [0.1, 0.15) is 0 Å². The quantitative estimate of drug-likeness (QED) is 0.500. The van der Waals surface area contributed by atoms with Gasteiger partial charge >= 0.3 is 75.4 Å². The van der Waals surface area contributed by atoms with Gasteiger partial charge in [0.1, 0.15) is 0 Å². The van der Waals surface area contributed by atoms with Crippen LogP contribution in [-0.4, -0.2) is 5.33 Å². The van der Waals surface area contributed by atoms with E-state index < -0.39 is 6.51 Å². The fourth-order valence-electron chi connectivity index (χ4n) is 17.0. The Hall–Kier alpha value is 0.999. The summed E-state index contributed by atoms with van der Waals surface area (Å²) in [5.74, 6) is 0. The van der Waals surface area contributed by atoms with Crippen LogP contribution in [0.4, 0.5) is 0 Å². The van der Waals surface area contributed by atoms with Crippen LogP contribution in [0.15, 0.2) is 0 Å². The molecule has 10 aliphatic heterocycles. The number of hydrogen-bond acceptors (Lipinski definition) is 0. The number of hydrogen-bond donors (Lipinski definition) is 0. The van der Waals surface area contributed by atoms with Gasteiger partial charge in [-0.25, -0.2) is 0 Å². The number of alkyl halides is 1. The Balaban J connectivity index is 2.08. The van der Waals surface area contributed by atoms with Crippen molar-refractivity contribution in [2.75, 3.05) is 5.33 Å². The summed E-state index contributed by atoms with van der Waals surface area (Å²) >= 11 is 3.96. The Morgan fingerprint density at radius 3 is 1.38 bits per heavy atom. The second kappa shape index (κ2) is 0.292. The monoisotopic (exact) mass is 278 g/mol. The van der Waals surface area contributed by atoms with Crippen molar-refractivity contribution in [3.8, 4) is 0 Å². The van der Waals surface area contributed by atoms with E-state index in [9.17, 15) is 0 Å². The number of halogens is 1. The molecule has 0 aromatic heterocycles. The number of fused-ring (bicyclic) bond motifs is 10. The van der Waals surface area contributed by atoms with Crippen molar-refractivity contribution in [2.45, 2.75) is 47.7 Å². The van der Waals surface area contributed by atoms with E-state index in [1.807, 2.05) is 0 Å². The summed E-state index contributed by atoms with van der Waals surface area (Å²) < 4.78 is 1.15. The molecule has 10 rings (SSSR count). The van der Waals surface area contributed by atoms with E-state index in [1.165, 1.54) is 48.7 Å². The predicted molar refractivity (Wildman–Crippen MR) is 50.2 cm³/mol. The van der Waals surface area contributed by atoms with Gasteiger partial charge in [-0.2, -0.15) is 0 Å². The van der Waals surface area contributed by atoms with Gasteiger partial charge in [-0.15, -0.1) is 0 Å². The predicted octanol–water partition coefficient (Wildman–Crippen LogP) is 4.14. The third-order valence-electron chi connectivity index (χ3n) is 15.2. The molecule has 10 fully saturated rings. The first-order valence-corrected chi connectivity index (χ1v) is 13.3. The van der Waals surface area contributed by atoms with Gasteiger partial charge in [0.15, 0.2) is 0 Å². The van der Waals surface area contributed by atoms with Gasteiger partial charge in [0.2, 0.25) is 0 Å². The average Bonchev–Trinajstić information content (AvgIpc) is 3.12. The van der Waals surface area contributed by atoms with Gasteiger partial charge in [0.05, 0.1) is 0 Å². The Morgan fingerprint density at radius 1 is 0.846 bits per heavy atom. The molecular formula is C11H11BrFe. The first-order valence-electron chi connectivity index (χ1n) is 5.88. The molecule has 0 amide bonds. The molecule has 0 radical (unpaired) electrons. The summed E-state index contributed by atoms with van der Waals surface area (Å²) in [4.78, 5) is 13.7. The first kappa shape index (κ1) is 4.47. The molecule has 0 nitrogen and oxygen atoms in total. The van der Waals surface area contributed by atoms with Crippen LogP contribution in [-0.2, 0) is 6.51 Å². The molecule has 4 unspecified atom stereocenters. The molecule has 10 aliphatic rings. The van der Waals surface area contributed by atoms with Crippen molar-refractivity contribution in [3.05, 3.63) is 0 Å². The summed E-state index contributed by atoms with van der Waals surface area (Å²) in [7, 11) is 0. The zero-order valence-corrected chi connectivity index (χ0v) is 9.82. The standard InChI is InChI=1S/C6H6Br.C5H5.Fe/c7-5-6-3-1-2-4-6;1-2-4-5-3-1;/h1-4H,5H2;1-5H;. The van der Waals surface area contributed by atoms with Crippen LogP contribution < -0.4 is 0 Å². The molecule has 4 atom stereocenters. The van der Waals surface area contributed by atoms with Gasteiger partial charge in [-0.1, -0.05) is 0 Å². The maximum atomic E-state index is 3.96.